The molecule has 5 nitrogen and oxygen atoms in total. The van der Waals surface area contributed by atoms with Gasteiger partial charge in [-0.3, -0.25) is 9.59 Å². The molecule has 1 unspecified atom stereocenters. The number of anilines is 1. The van der Waals surface area contributed by atoms with Crippen LogP contribution in [0.25, 0.3) is 0 Å². The van der Waals surface area contributed by atoms with Crippen molar-refractivity contribution in [3.8, 4) is 5.75 Å². The van der Waals surface area contributed by atoms with Crippen LogP contribution in [0.1, 0.15) is 27.0 Å². The Hall–Kier alpha value is -2.96. The van der Waals surface area contributed by atoms with E-state index in [0.717, 1.165) is 16.8 Å². The zero-order valence-electron chi connectivity index (χ0n) is 18.4. The van der Waals surface area contributed by atoms with E-state index >= 15 is 0 Å². The maximum Gasteiger partial charge on any atom is 0.268 e. The van der Waals surface area contributed by atoms with Crippen LogP contribution < -0.4 is 9.64 Å². The summed E-state index contributed by atoms with van der Waals surface area (Å²) in [5.74, 6) is 1.04. The van der Waals surface area contributed by atoms with Gasteiger partial charge in [0.05, 0.1) is 19.3 Å². The molecule has 7 heteroatoms. The number of rotatable bonds is 4. The van der Waals surface area contributed by atoms with Crippen molar-refractivity contribution in [2.75, 3.05) is 24.3 Å². The number of thioether (sulfide) groups is 1. The lowest BCUT2D eigenvalue weighted by Crippen LogP contribution is -2.50. The van der Waals surface area contributed by atoms with Crippen molar-refractivity contribution in [3.05, 3.63) is 94.0 Å². The first kappa shape index (κ1) is 21.9. The van der Waals surface area contributed by atoms with E-state index in [0.29, 0.717) is 35.2 Å². The number of ether oxygens (including phenoxy) is 1. The second-order valence-corrected chi connectivity index (χ2v) is 9.94. The molecule has 0 saturated carbocycles. The first-order valence-corrected chi connectivity index (χ1v) is 12.1. The lowest BCUT2D eigenvalue weighted by Gasteiger charge is -2.33. The van der Waals surface area contributed by atoms with E-state index in [2.05, 4.69) is 0 Å². The third-order valence-electron chi connectivity index (χ3n) is 6.20. The Morgan fingerprint density at radius 3 is 2.52 bits per heavy atom. The third-order valence-corrected chi connectivity index (χ3v) is 7.87. The molecule has 168 valence electrons. The fraction of sp³-hybridized carbons (Fsp3) is 0.231. The number of aryl methyl sites for hydroxylation is 1. The van der Waals surface area contributed by atoms with Gasteiger partial charge >= 0.3 is 0 Å². The van der Waals surface area contributed by atoms with Gasteiger partial charge in [-0.05, 0) is 55.0 Å². The van der Waals surface area contributed by atoms with Crippen molar-refractivity contribution < 1.29 is 14.3 Å². The minimum Gasteiger partial charge on any atom is -0.497 e. The van der Waals surface area contributed by atoms with Crippen molar-refractivity contribution in [2.45, 2.75) is 18.3 Å². The van der Waals surface area contributed by atoms with Gasteiger partial charge in [0.25, 0.3) is 11.8 Å². The molecule has 1 saturated heterocycles. The first-order chi connectivity index (χ1) is 15.9. The molecule has 1 atom stereocenters. The molecule has 2 amide bonds. The van der Waals surface area contributed by atoms with E-state index in [4.69, 9.17) is 16.3 Å². The number of hydrogen-bond donors (Lipinski definition) is 0. The summed E-state index contributed by atoms with van der Waals surface area (Å²) in [7, 11) is 1.60. The maximum atomic E-state index is 14.1. The van der Waals surface area contributed by atoms with Gasteiger partial charge in [0, 0.05) is 28.4 Å². The standard InChI is InChI=1S/C26H23ClN2O3S/c1-17-3-5-18(6-4-17)16-28-23-12-11-21(32-2)15-22(23)26(25(28)31)29(13-14-33-26)24(30)19-7-9-20(27)10-8-19/h3-12,15H,13-14,16H2,1-2H3. The summed E-state index contributed by atoms with van der Waals surface area (Å²) in [6.45, 7) is 2.95. The van der Waals surface area contributed by atoms with Crippen LogP contribution in [0.3, 0.4) is 0 Å². The van der Waals surface area contributed by atoms with E-state index in [-0.39, 0.29) is 11.8 Å². The number of fused-ring (bicyclic) bond motifs is 2. The van der Waals surface area contributed by atoms with Crippen LogP contribution in [0, 0.1) is 6.92 Å². The predicted octanol–water partition coefficient (Wildman–Crippen LogP) is 5.25. The summed E-state index contributed by atoms with van der Waals surface area (Å²) in [5.41, 5.74) is 4.31. The molecule has 0 aromatic heterocycles. The van der Waals surface area contributed by atoms with Gasteiger partial charge in [0.2, 0.25) is 0 Å². The highest BCUT2D eigenvalue weighted by Gasteiger charge is 2.59. The van der Waals surface area contributed by atoms with E-state index in [9.17, 15) is 9.59 Å². The Morgan fingerprint density at radius 1 is 1.09 bits per heavy atom. The average Bonchev–Trinajstić information content (AvgIpc) is 3.37. The molecule has 2 aliphatic rings. The van der Waals surface area contributed by atoms with Crippen molar-refractivity contribution in [3.63, 3.8) is 0 Å². The minimum absolute atomic E-state index is 0.101. The number of halogens is 1. The Labute approximate surface area is 202 Å². The number of hydrogen-bond acceptors (Lipinski definition) is 4. The number of carbonyl (C=O) groups is 2. The average molecular weight is 479 g/mol. The summed E-state index contributed by atoms with van der Waals surface area (Å²) in [6, 6.07) is 20.6. The van der Waals surface area contributed by atoms with Crippen LogP contribution in [0.4, 0.5) is 5.69 Å². The molecule has 2 heterocycles. The fourth-order valence-electron chi connectivity index (χ4n) is 4.50. The van der Waals surface area contributed by atoms with Gasteiger partial charge in [-0.2, -0.15) is 0 Å². The highest BCUT2D eigenvalue weighted by Crippen LogP contribution is 2.55. The molecule has 3 aromatic rings. The molecule has 0 aliphatic carbocycles. The predicted molar refractivity (Wildman–Crippen MR) is 132 cm³/mol. The molecule has 3 aromatic carbocycles. The summed E-state index contributed by atoms with van der Waals surface area (Å²) in [6.07, 6.45) is 0. The van der Waals surface area contributed by atoms with Gasteiger partial charge < -0.3 is 14.5 Å². The van der Waals surface area contributed by atoms with Crippen molar-refractivity contribution in [1.82, 2.24) is 4.90 Å². The number of methoxy groups -OCH3 is 1. The van der Waals surface area contributed by atoms with Crippen molar-refractivity contribution >= 4 is 40.9 Å². The number of amides is 2. The maximum absolute atomic E-state index is 14.1. The molecule has 0 N–H and O–H groups in total. The van der Waals surface area contributed by atoms with Crippen molar-refractivity contribution in [1.29, 1.82) is 0 Å². The van der Waals surface area contributed by atoms with Crippen LogP contribution in [-0.4, -0.2) is 36.1 Å². The van der Waals surface area contributed by atoms with Gasteiger partial charge in [-0.1, -0.05) is 41.4 Å². The molecule has 5 rings (SSSR count). The molecule has 2 aliphatic heterocycles. The summed E-state index contributed by atoms with van der Waals surface area (Å²) < 4.78 is 5.48. The Morgan fingerprint density at radius 2 is 1.82 bits per heavy atom. The Balaban J connectivity index is 1.60. The second kappa shape index (κ2) is 8.43. The van der Waals surface area contributed by atoms with Gasteiger partial charge in [0.1, 0.15) is 5.75 Å². The van der Waals surface area contributed by atoms with E-state index in [1.165, 1.54) is 17.3 Å². The highest BCUT2D eigenvalue weighted by molar-refractivity contribution is 8.01. The first-order valence-electron chi connectivity index (χ1n) is 10.7. The Bertz CT molecular complexity index is 1230. The normalized spacial score (nSPS) is 19.3. The zero-order chi connectivity index (χ0) is 23.2. The van der Waals surface area contributed by atoms with Crippen LogP contribution in [-0.2, 0) is 16.2 Å². The summed E-state index contributed by atoms with van der Waals surface area (Å²) in [5, 5.41) is 0.563. The van der Waals surface area contributed by atoms with Crippen molar-refractivity contribution in [2.24, 2.45) is 0 Å². The third kappa shape index (κ3) is 3.58. The quantitative estimate of drug-likeness (QED) is 0.514. The SMILES string of the molecule is COc1ccc2c(c1)C1(SCCN1C(=O)c1ccc(Cl)cc1)C(=O)N2Cc1ccc(C)cc1. The highest BCUT2D eigenvalue weighted by atomic mass is 35.5. The summed E-state index contributed by atoms with van der Waals surface area (Å²) >= 11 is 7.53. The molecule has 33 heavy (non-hydrogen) atoms. The van der Waals surface area contributed by atoms with Crippen LogP contribution in [0.15, 0.2) is 66.7 Å². The number of nitrogens with zero attached hydrogens (tertiary/aromatic N) is 2. The fourth-order valence-corrected chi connectivity index (χ4v) is 6.08. The smallest absolute Gasteiger partial charge is 0.268 e. The number of benzene rings is 3. The van der Waals surface area contributed by atoms with E-state index in [1.807, 2.05) is 49.4 Å². The molecule has 1 spiro atoms. The van der Waals surface area contributed by atoms with E-state index < -0.39 is 4.87 Å². The Kier molecular flexibility index (Phi) is 5.59. The lowest BCUT2D eigenvalue weighted by atomic mass is 10.0. The lowest BCUT2D eigenvalue weighted by molar-refractivity contribution is -0.123. The largest absolute Gasteiger partial charge is 0.497 e. The second-order valence-electron chi connectivity index (χ2n) is 8.22. The van der Waals surface area contributed by atoms with E-state index in [1.54, 1.807) is 41.2 Å². The zero-order valence-corrected chi connectivity index (χ0v) is 19.9. The molecular formula is C26H23ClN2O3S. The molecule has 1 fully saturated rings. The van der Waals surface area contributed by atoms with Crippen LogP contribution in [0.2, 0.25) is 5.02 Å². The topological polar surface area (TPSA) is 49.9 Å². The molecule has 0 radical (unpaired) electrons. The minimum atomic E-state index is -1.12. The molecule has 0 bridgehead atoms. The van der Waals surface area contributed by atoms with Gasteiger partial charge in [-0.15, -0.1) is 11.8 Å². The van der Waals surface area contributed by atoms with Gasteiger partial charge in [-0.25, -0.2) is 0 Å². The van der Waals surface area contributed by atoms with Gasteiger partial charge in [0.15, 0.2) is 4.87 Å². The van der Waals surface area contributed by atoms with Crippen LogP contribution in [0.5, 0.6) is 5.75 Å². The summed E-state index contributed by atoms with van der Waals surface area (Å²) in [4.78, 5) is 30.1. The number of carbonyl (C=O) groups excluding carboxylic acids is 2. The monoisotopic (exact) mass is 478 g/mol. The van der Waals surface area contributed by atoms with Crippen LogP contribution >= 0.6 is 23.4 Å². The molecular weight excluding hydrogens is 456 g/mol.